The Bertz CT molecular complexity index is 1360. The lowest BCUT2D eigenvalue weighted by atomic mass is 9.84. The van der Waals surface area contributed by atoms with Crippen LogP contribution in [0.4, 0.5) is 15.9 Å². The third kappa shape index (κ3) is 6.33. The smallest absolute Gasteiger partial charge is 0.138 e. The molecule has 0 amide bonds. The lowest BCUT2D eigenvalue weighted by Gasteiger charge is -2.44. The van der Waals surface area contributed by atoms with Crippen LogP contribution < -0.4 is 10.6 Å². The van der Waals surface area contributed by atoms with Gasteiger partial charge >= 0.3 is 0 Å². The second kappa shape index (κ2) is 13.3. The molecule has 4 aliphatic heterocycles. The van der Waals surface area contributed by atoms with Crippen molar-refractivity contribution in [3.8, 4) is 6.07 Å². The van der Waals surface area contributed by atoms with Gasteiger partial charge in [0.25, 0.3) is 0 Å². The number of ether oxygens (including phenoxy) is 1. The molecule has 2 aromatic rings. The van der Waals surface area contributed by atoms with E-state index in [9.17, 15) is 9.65 Å². The lowest BCUT2D eigenvalue weighted by molar-refractivity contribution is 0.0249. The van der Waals surface area contributed by atoms with Gasteiger partial charge in [-0.25, -0.2) is 14.4 Å². The molecule has 0 aliphatic carbocycles. The standard InChI is InChI=1S/C28H39N5O.C8H14FN/c1-7-17(4)20-9-10-23(30)21(14-29)27(20)25-13-24-22(15-34-25)28(32-26(8-2)31-24)33-18(5)11-16(3)12-19(33)6;1-8-3-2-4-10(8)6-7(9)5-8/h9-10,16-19,25H,7-8,11-13,15,30H2,1-6H3;7H,2-6H2,1H3/t16?,17-,18?,19?,25?;/m0./s1. The molecule has 0 bridgehead atoms. The first-order chi connectivity index (χ1) is 21.0. The zero-order chi connectivity index (χ0) is 31.8. The fraction of sp³-hybridized carbons (Fsp3) is 0.694. The number of piperidine rings is 1. The largest absolute Gasteiger partial charge is 0.398 e. The summed E-state index contributed by atoms with van der Waals surface area (Å²) in [6.07, 6.45) is 7.20. The molecule has 6 rings (SSSR count). The van der Waals surface area contributed by atoms with E-state index in [0.29, 0.717) is 48.8 Å². The highest BCUT2D eigenvalue weighted by Crippen LogP contribution is 2.42. The molecule has 2 N–H and O–H groups in total. The molecule has 3 fully saturated rings. The molecule has 7 nitrogen and oxygen atoms in total. The van der Waals surface area contributed by atoms with Gasteiger partial charge < -0.3 is 15.4 Å². The Hall–Kier alpha value is -2.76. The second-order valence-electron chi connectivity index (χ2n) is 14.2. The van der Waals surface area contributed by atoms with Crippen LogP contribution in [0.15, 0.2) is 12.1 Å². The van der Waals surface area contributed by atoms with E-state index in [1.54, 1.807) is 0 Å². The number of nitrogens with two attached hydrogens (primary N) is 1. The Morgan fingerprint density at radius 2 is 1.91 bits per heavy atom. The summed E-state index contributed by atoms with van der Waals surface area (Å²) in [7, 11) is 0. The van der Waals surface area contributed by atoms with Crippen LogP contribution in [0.5, 0.6) is 0 Å². The van der Waals surface area contributed by atoms with Crippen LogP contribution >= 0.6 is 0 Å². The molecule has 0 radical (unpaired) electrons. The third-order valence-corrected chi connectivity index (χ3v) is 10.8. The number of anilines is 2. The maximum absolute atomic E-state index is 12.8. The lowest BCUT2D eigenvalue weighted by Crippen LogP contribution is -2.47. The van der Waals surface area contributed by atoms with Crippen LogP contribution in [0.3, 0.4) is 0 Å². The van der Waals surface area contributed by atoms with E-state index in [1.165, 1.54) is 25.7 Å². The third-order valence-electron chi connectivity index (χ3n) is 10.8. The van der Waals surface area contributed by atoms with Gasteiger partial charge in [-0.15, -0.1) is 0 Å². The van der Waals surface area contributed by atoms with Crippen molar-refractivity contribution in [3.63, 3.8) is 0 Å². The van der Waals surface area contributed by atoms with E-state index in [4.69, 9.17) is 20.4 Å². The minimum absolute atomic E-state index is 0.236. The van der Waals surface area contributed by atoms with Gasteiger partial charge in [-0.2, -0.15) is 5.26 Å². The van der Waals surface area contributed by atoms with Crippen LogP contribution in [0.25, 0.3) is 0 Å². The highest BCUT2D eigenvalue weighted by Gasteiger charge is 2.44. The first-order valence-corrected chi connectivity index (χ1v) is 17.0. The Morgan fingerprint density at radius 3 is 2.55 bits per heavy atom. The van der Waals surface area contributed by atoms with E-state index in [0.717, 1.165) is 65.8 Å². The van der Waals surface area contributed by atoms with Crippen molar-refractivity contribution < 1.29 is 9.13 Å². The molecule has 240 valence electrons. The van der Waals surface area contributed by atoms with Crippen molar-refractivity contribution >= 4 is 11.5 Å². The Morgan fingerprint density at radius 1 is 1.18 bits per heavy atom. The van der Waals surface area contributed by atoms with Gasteiger partial charge in [-0.3, -0.25) is 4.90 Å². The van der Waals surface area contributed by atoms with Gasteiger partial charge in [0.15, 0.2) is 0 Å². The van der Waals surface area contributed by atoms with Crippen LogP contribution in [-0.2, 0) is 24.2 Å². The minimum atomic E-state index is -0.551. The Balaban J connectivity index is 0.000000322. The minimum Gasteiger partial charge on any atom is -0.398 e. The van der Waals surface area contributed by atoms with Crippen LogP contribution in [0.2, 0.25) is 0 Å². The molecule has 6 atom stereocenters. The molecule has 44 heavy (non-hydrogen) atoms. The Kier molecular flexibility index (Phi) is 9.87. The zero-order valence-corrected chi connectivity index (χ0v) is 28.0. The van der Waals surface area contributed by atoms with Crippen LogP contribution in [0, 0.1) is 17.2 Å². The normalized spacial score (nSPS) is 30.6. The summed E-state index contributed by atoms with van der Waals surface area (Å²) in [5, 5.41) is 9.96. The Labute approximate surface area is 264 Å². The SMILES string of the molecule is CC12CCCN1CC(F)C2.CCc1nc2c(c(N3C(C)CC(C)CC3C)n1)COC(c1c([C@@H](C)CC)ccc(N)c1C#N)C2. The quantitative estimate of drug-likeness (QED) is 0.355. The summed E-state index contributed by atoms with van der Waals surface area (Å²) in [6, 6.07) is 7.14. The van der Waals surface area contributed by atoms with Crippen molar-refractivity contribution in [2.45, 2.75) is 142 Å². The zero-order valence-electron chi connectivity index (χ0n) is 28.0. The van der Waals surface area contributed by atoms with E-state index in [-0.39, 0.29) is 11.6 Å². The number of aromatic nitrogens is 2. The predicted molar refractivity (Wildman–Crippen MR) is 175 cm³/mol. The number of rotatable bonds is 5. The van der Waals surface area contributed by atoms with E-state index in [1.807, 2.05) is 6.07 Å². The molecule has 5 unspecified atom stereocenters. The van der Waals surface area contributed by atoms with E-state index < -0.39 is 6.17 Å². The average Bonchev–Trinajstić information content (AvgIpc) is 3.48. The van der Waals surface area contributed by atoms with E-state index >= 15 is 0 Å². The van der Waals surface area contributed by atoms with Gasteiger partial charge in [0, 0.05) is 53.8 Å². The summed E-state index contributed by atoms with van der Waals surface area (Å²) < 4.78 is 19.4. The number of fused-ring (bicyclic) bond motifs is 2. The number of halogens is 1. The molecule has 4 aliphatic rings. The number of hydrogen-bond acceptors (Lipinski definition) is 7. The van der Waals surface area contributed by atoms with Crippen LogP contribution in [0.1, 0.15) is 133 Å². The second-order valence-corrected chi connectivity index (χ2v) is 14.2. The maximum Gasteiger partial charge on any atom is 0.138 e. The summed E-state index contributed by atoms with van der Waals surface area (Å²) in [5.74, 6) is 2.96. The summed E-state index contributed by atoms with van der Waals surface area (Å²) in [6.45, 7) is 17.9. The maximum atomic E-state index is 12.8. The van der Waals surface area contributed by atoms with Gasteiger partial charge in [0.05, 0.1) is 24.0 Å². The summed E-state index contributed by atoms with van der Waals surface area (Å²) in [4.78, 5) is 14.8. The van der Waals surface area contributed by atoms with Crippen molar-refractivity contribution in [3.05, 3.63) is 45.9 Å². The van der Waals surface area contributed by atoms with Crippen molar-refractivity contribution in [2.24, 2.45) is 5.92 Å². The van der Waals surface area contributed by atoms with Crippen molar-refractivity contribution in [1.82, 2.24) is 14.9 Å². The first kappa shape index (κ1) is 32.6. The molecule has 1 aromatic carbocycles. The summed E-state index contributed by atoms with van der Waals surface area (Å²) >= 11 is 0. The number of nitriles is 1. The number of nitrogens with zero attached hydrogens (tertiary/aromatic N) is 5. The number of nitrogen functional groups attached to an aromatic ring is 1. The predicted octanol–water partition coefficient (Wildman–Crippen LogP) is 7.42. The number of aryl methyl sites for hydroxylation is 1. The average molecular weight is 605 g/mol. The molecule has 1 aromatic heterocycles. The monoisotopic (exact) mass is 604 g/mol. The molecule has 3 saturated heterocycles. The topological polar surface area (TPSA) is 91.3 Å². The van der Waals surface area contributed by atoms with Gasteiger partial charge in [0.1, 0.15) is 23.9 Å². The molecular formula is C36H53FN6O. The molecule has 8 heteroatoms. The molecular weight excluding hydrogens is 551 g/mol. The molecule has 5 heterocycles. The highest BCUT2D eigenvalue weighted by molar-refractivity contribution is 5.62. The highest BCUT2D eigenvalue weighted by atomic mass is 19.1. The fourth-order valence-electron chi connectivity index (χ4n) is 8.38. The first-order valence-electron chi connectivity index (χ1n) is 17.0. The van der Waals surface area contributed by atoms with Gasteiger partial charge in [-0.05, 0) is 89.3 Å². The van der Waals surface area contributed by atoms with Gasteiger partial charge in [-0.1, -0.05) is 33.8 Å². The fourth-order valence-corrected chi connectivity index (χ4v) is 8.38. The van der Waals surface area contributed by atoms with Crippen molar-refractivity contribution in [1.29, 1.82) is 5.26 Å². The van der Waals surface area contributed by atoms with Gasteiger partial charge in [0.2, 0.25) is 0 Å². The van der Waals surface area contributed by atoms with Crippen molar-refractivity contribution in [2.75, 3.05) is 23.7 Å². The van der Waals surface area contributed by atoms with E-state index in [2.05, 4.69) is 70.4 Å². The number of hydrogen-bond donors (Lipinski definition) is 1. The summed E-state index contributed by atoms with van der Waals surface area (Å²) in [5.41, 5.74) is 11.8. The number of alkyl halides is 1. The van der Waals surface area contributed by atoms with Crippen LogP contribution in [-0.4, -0.2) is 51.8 Å². The number of benzene rings is 1. The molecule has 0 saturated carbocycles. The molecule has 0 spiro atoms.